The highest BCUT2D eigenvalue weighted by atomic mass is 32.1. The van der Waals surface area contributed by atoms with Crippen molar-refractivity contribution in [3.8, 4) is 0 Å². The molecule has 2 aromatic rings. The minimum Gasteiger partial charge on any atom is -0.394 e. The summed E-state index contributed by atoms with van der Waals surface area (Å²) in [4.78, 5) is 19.1. The average molecular weight is 294 g/mol. The zero-order valence-corrected chi connectivity index (χ0v) is 13.2. The van der Waals surface area contributed by atoms with E-state index in [9.17, 15) is 9.90 Å². The molecule has 2 heterocycles. The number of aliphatic hydroxyl groups is 1. The lowest BCUT2D eigenvalue weighted by Gasteiger charge is -2.16. The number of hydrogen-bond donors (Lipinski definition) is 1. The molecule has 0 aliphatic heterocycles. The zero-order chi connectivity index (χ0) is 14.7. The maximum Gasteiger partial charge on any atom is 0.262 e. The largest absolute Gasteiger partial charge is 0.394 e. The van der Waals surface area contributed by atoms with Gasteiger partial charge < -0.3 is 5.11 Å². The molecule has 5 heteroatoms. The van der Waals surface area contributed by atoms with Gasteiger partial charge in [-0.3, -0.25) is 9.36 Å². The van der Waals surface area contributed by atoms with Crippen molar-refractivity contribution in [2.45, 2.75) is 52.5 Å². The van der Waals surface area contributed by atoms with E-state index in [1.807, 2.05) is 6.92 Å². The van der Waals surface area contributed by atoms with E-state index in [-0.39, 0.29) is 18.2 Å². The second kappa shape index (κ2) is 6.50. The van der Waals surface area contributed by atoms with E-state index >= 15 is 0 Å². The average Bonchev–Trinajstić information content (AvgIpc) is 2.78. The van der Waals surface area contributed by atoms with Crippen molar-refractivity contribution in [3.63, 3.8) is 0 Å². The topological polar surface area (TPSA) is 55.1 Å². The van der Waals surface area contributed by atoms with Crippen LogP contribution in [-0.2, 0) is 6.42 Å². The molecule has 0 saturated carbocycles. The summed E-state index contributed by atoms with van der Waals surface area (Å²) < 4.78 is 1.61. The molecule has 1 N–H and O–H groups in total. The van der Waals surface area contributed by atoms with Gasteiger partial charge in [-0.2, -0.15) is 0 Å². The van der Waals surface area contributed by atoms with Gasteiger partial charge in [0.1, 0.15) is 4.83 Å². The van der Waals surface area contributed by atoms with Crippen LogP contribution in [0.1, 0.15) is 49.6 Å². The standard InChI is InChI=1S/C15H22N2O2S/c1-4-6-7-11(8-18)17-9-16-14-13(15(17)19)12(5-2)10(3)20-14/h9,11,18H,4-8H2,1-3H3/t11-/m1/s1. The van der Waals surface area contributed by atoms with Crippen LogP contribution < -0.4 is 5.56 Å². The Labute approximate surface area is 123 Å². The predicted octanol–water partition coefficient (Wildman–Crippen LogP) is 3.05. The number of aromatic nitrogens is 2. The minimum absolute atomic E-state index is 0.00801. The Morgan fingerprint density at radius 3 is 2.80 bits per heavy atom. The van der Waals surface area contributed by atoms with Crippen LogP contribution in [0, 0.1) is 6.92 Å². The van der Waals surface area contributed by atoms with Gasteiger partial charge in [-0.1, -0.05) is 26.7 Å². The highest BCUT2D eigenvalue weighted by molar-refractivity contribution is 7.18. The van der Waals surface area contributed by atoms with Crippen LogP contribution in [0.25, 0.3) is 10.2 Å². The summed E-state index contributed by atoms with van der Waals surface area (Å²) in [6, 6.07) is -0.163. The molecule has 0 fully saturated rings. The minimum atomic E-state index is -0.163. The third-order valence-corrected chi connectivity index (χ3v) is 4.84. The Hall–Kier alpha value is -1.20. The Kier molecular flexibility index (Phi) is 4.94. The maximum absolute atomic E-state index is 12.7. The molecule has 0 amide bonds. The fourth-order valence-electron chi connectivity index (χ4n) is 2.61. The molecule has 0 aliphatic rings. The van der Waals surface area contributed by atoms with Crippen LogP contribution >= 0.6 is 11.3 Å². The van der Waals surface area contributed by atoms with E-state index in [2.05, 4.69) is 18.8 Å². The van der Waals surface area contributed by atoms with Crippen LogP contribution in [-0.4, -0.2) is 21.3 Å². The molecule has 0 unspecified atom stereocenters. The van der Waals surface area contributed by atoms with Gasteiger partial charge in [0.15, 0.2) is 0 Å². The summed E-state index contributed by atoms with van der Waals surface area (Å²) in [5.74, 6) is 0. The maximum atomic E-state index is 12.7. The molecular weight excluding hydrogens is 272 g/mol. The molecule has 2 aromatic heterocycles. The fraction of sp³-hybridized carbons (Fsp3) is 0.600. The lowest BCUT2D eigenvalue weighted by molar-refractivity contribution is 0.215. The van der Waals surface area contributed by atoms with Gasteiger partial charge in [-0.05, 0) is 25.3 Å². The third kappa shape index (κ3) is 2.65. The van der Waals surface area contributed by atoms with Crippen molar-refractivity contribution in [2.24, 2.45) is 0 Å². The van der Waals surface area contributed by atoms with Crippen molar-refractivity contribution in [3.05, 3.63) is 27.1 Å². The number of fused-ring (bicyclic) bond motifs is 1. The summed E-state index contributed by atoms with van der Waals surface area (Å²) in [6.07, 6.45) is 5.30. The van der Waals surface area contributed by atoms with Gasteiger partial charge in [-0.15, -0.1) is 11.3 Å². The SMILES string of the molecule is CCCC[C@H](CO)n1cnc2sc(C)c(CC)c2c1=O. The van der Waals surface area contributed by atoms with Crippen molar-refractivity contribution in [1.29, 1.82) is 0 Å². The summed E-state index contributed by atoms with van der Waals surface area (Å²) >= 11 is 1.58. The Bertz CT molecular complexity index is 645. The molecule has 110 valence electrons. The van der Waals surface area contributed by atoms with Gasteiger partial charge >= 0.3 is 0 Å². The normalized spacial score (nSPS) is 13.0. The van der Waals surface area contributed by atoms with Gasteiger partial charge in [0.2, 0.25) is 0 Å². The zero-order valence-electron chi connectivity index (χ0n) is 12.3. The summed E-state index contributed by atoms with van der Waals surface area (Å²) in [7, 11) is 0. The van der Waals surface area contributed by atoms with E-state index in [0.717, 1.165) is 41.5 Å². The molecule has 0 bridgehead atoms. The number of rotatable bonds is 6. The van der Waals surface area contributed by atoms with Gasteiger partial charge in [-0.25, -0.2) is 4.98 Å². The van der Waals surface area contributed by atoms with Crippen molar-refractivity contribution < 1.29 is 5.11 Å². The fourth-order valence-corrected chi connectivity index (χ4v) is 3.69. The first kappa shape index (κ1) is 15.2. The predicted molar refractivity (Wildman–Crippen MR) is 83.6 cm³/mol. The number of aryl methyl sites for hydroxylation is 2. The van der Waals surface area contributed by atoms with Crippen molar-refractivity contribution in [1.82, 2.24) is 9.55 Å². The van der Waals surface area contributed by atoms with Crippen LogP contribution in [0.15, 0.2) is 11.1 Å². The molecule has 20 heavy (non-hydrogen) atoms. The number of hydrogen-bond acceptors (Lipinski definition) is 4. The smallest absolute Gasteiger partial charge is 0.262 e. The number of unbranched alkanes of at least 4 members (excludes halogenated alkanes) is 1. The summed E-state index contributed by atoms with van der Waals surface area (Å²) in [5.41, 5.74) is 1.09. The van der Waals surface area contributed by atoms with Gasteiger partial charge in [0.05, 0.1) is 24.4 Å². The first-order chi connectivity index (χ1) is 9.63. The highest BCUT2D eigenvalue weighted by Gasteiger charge is 2.17. The Balaban J connectivity index is 2.55. The number of aliphatic hydroxyl groups excluding tert-OH is 1. The van der Waals surface area contributed by atoms with E-state index in [1.54, 1.807) is 22.2 Å². The molecule has 0 saturated heterocycles. The first-order valence-corrected chi connectivity index (χ1v) is 8.05. The lowest BCUT2D eigenvalue weighted by Crippen LogP contribution is -2.27. The summed E-state index contributed by atoms with van der Waals surface area (Å²) in [6.45, 7) is 6.19. The van der Waals surface area contributed by atoms with Crippen molar-refractivity contribution >= 4 is 21.6 Å². The number of thiophene rings is 1. The van der Waals surface area contributed by atoms with E-state index in [1.165, 1.54) is 4.88 Å². The van der Waals surface area contributed by atoms with E-state index in [0.29, 0.717) is 0 Å². The first-order valence-electron chi connectivity index (χ1n) is 7.23. The number of nitrogens with zero attached hydrogens (tertiary/aromatic N) is 2. The second-order valence-electron chi connectivity index (χ2n) is 5.11. The molecule has 0 radical (unpaired) electrons. The van der Waals surface area contributed by atoms with Gasteiger partial charge in [0, 0.05) is 4.88 Å². The van der Waals surface area contributed by atoms with Crippen molar-refractivity contribution in [2.75, 3.05) is 6.61 Å². The Morgan fingerprint density at radius 1 is 1.45 bits per heavy atom. The van der Waals surface area contributed by atoms with E-state index in [4.69, 9.17) is 0 Å². The van der Waals surface area contributed by atoms with Crippen LogP contribution in [0.5, 0.6) is 0 Å². The van der Waals surface area contributed by atoms with Crippen LogP contribution in [0.2, 0.25) is 0 Å². The van der Waals surface area contributed by atoms with Crippen LogP contribution in [0.3, 0.4) is 0 Å². The Morgan fingerprint density at radius 2 is 2.20 bits per heavy atom. The molecular formula is C15H22N2O2S. The lowest BCUT2D eigenvalue weighted by atomic mass is 10.1. The molecule has 0 aromatic carbocycles. The second-order valence-corrected chi connectivity index (χ2v) is 6.31. The molecule has 0 spiro atoms. The molecule has 2 rings (SSSR count). The van der Waals surface area contributed by atoms with Crippen LogP contribution in [0.4, 0.5) is 0 Å². The molecule has 0 aliphatic carbocycles. The monoisotopic (exact) mass is 294 g/mol. The molecule has 4 nitrogen and oxygen atoms in total. The third-order valence-electron chi connectivity index (χ3n) is 3.79. The quantitative estimate of drug-likeness (QED) is 0.891. The molecule has 1 atom stereocenters. The van der Waals surface area contributed by atoms with E-state index < -0.39 is 0 Å². The van der Waals surface area contributed by atoms with Gasteiger partial charge in [0.25, 0.3) is 5.56 Å². The summed E-state index contributed by atoms with van der Waals surface area (Å²) in [5, 5.41) is 10.3. The highest BCUT2D eigenvalue weighted by Crippen LogP contribution is 2.27.